The van der Waals surface area contributed by atoms with Gasteiger partial charge in [-0.1, -0.05) is 53.0 Å². The summed E-state index contributed by atoms with van der Waals surface area (Å²) in [5, 5.41) is 0.0193. The number of carbonyl (C=O) groups is 1. The highest BCUT2D eigenvalue weighted by atomic mass is 35.5. The van der Waals surface area contributed by atoms with Crippen molar-refractivity contribution in [2.45, 2.75) is 35.3 Å². The summed E-state index contributed by atoms with van der Waals surface area (Å²) in [6.07, 6.45) is 2.76. The molecule has 0 spiro atoms. The zero-order valence-corrected chi connectivity index (χ0v) is 26.6. The zero-order valence-electron chi connectivity index (χ0n) is 23.5. The maximum absolute atomic E-state index is 16.4. The van der Waals surface area contributed by atoms with Gasteiger partial charge in [-0.25, -0.2) is 21.6 Å². The second-order valence-corrected chi connectivity index (χ2v) is 13.5. The largest absolute Gasteiger partial charge is 0.493 e. The molecular weight excluding hydrogens is 660 g/mol. The molecule has 4 rings (SSSR count). The SMILES string of the molecule is CC(NC1C=C(F)C=CC1(F)S(=O)(=O)c1ccc(Cl)cc1)c1ccccc1OCCCN(C)C(=O)c1cc(F)c(Cl)cc1Cl. The van der Waals surface area contributed by atoms with Gasteiger partial charge < -0.3 is 9.64 Å². The van der Waals surface area contributed by atoms with Gasteiger partial charge >= 0.3 is 0 Å². The topological polar surface area (TPSA) is 75.7 Å². The minimum Gasteiger partial charge on any atom is -0.493 e. The highest BCUT2D eigenvalue weighted by molar-refractivity contribution is 7.93. The van der Waals surface area contributed by atoms with Gasteiger partial charge in [0.1, 0.15) is 17.4 Å². The number of carbonyl (C=O) groups excluding carboxylic acids is 1. The molecule has 0 aliphatic heterocycles. The number of benzene rings is 3. The fraction of sp³-hybridized carbons (Fsp3) is 0.258. The summed E-state index contributed by atoms with van der Waals surface area (Å²) in [6, 6.07) is 11.8. The summed E-state index contributed by atoms with van der Waals surface area (Å²) >= 11 is 17.7. The molecule has 0 bridgehead atoms. The third-order valence-electron chi connectivity index (χ3n) is 7.05. The monoisotopic (exact) mass is 686 g/mol. The third-order valence-corrected chi connectivity index (χ3v) is 10.0. The normalized spacial score (nSPS) is 18.9. The number of allylic oxidation sites excluding steroid dienone is 2. The van der Waals surface area contributed by atoms with Crippen LogP contribution in [0.5, 0.6) is 5.75 Å². The Morgan fingerprint density at radius 1 is 1.07 bits per heavy atom. The molecule has 1 amide bonds. The Bertz CT molecular complexity index is 1700. The van der Waals surface area contributed by atoms with Crippen LogP contribution in [0.1, 0.15) is 35.3 Å². The number of ether oxygens (including phenoxy) is 1. The van der Waals surface area contributed by atoms with Crippen LogP contribution in [0.4, 0.5) is 13.2 Å². The van der Waals surface area contributed by atoms with E-state index in [2.05, 4.69) is 5.32 Å². The van der Waals surface area contributed by atoms with Crippen LogP contribution in [0.2, 0.25) is 15.1 Å². The number of hydrogen-bond donors (Lipinski definition) is 1. The van der Waals surface area contributed by atoms with Gasteiger partial charge in [0.15, 0.2) is 0 Å². The van der Waals surface area contributed by atoms with Crippen molar-refractivity contribution in [2.24, 2.45) is 0 Å². The van der Waals surface area contributed by atoms with Crippen LogP contribution in [-0.2, 0) is 9.84 Å². The number of amides is 1. The maximum Gasteiger partial charge on any atom is 0.255 e. The molecule has 0 fully saturated rings. The fourth-order valence-electron chi connectivity index (χ4n) is 4.64. The molecule has 0 saturated carbocycles. The van der Waals surface area contributed by atoms with Crippen LogP contribution in [0.25, 0.3) is 0 Å². The first-order valence-corrected chi connectivity index (χ1v) is 16.0. The van der Waals surface area contributed by atoms with Gasteiger partial charge in [0.05, 0.1) is 33.2 Å². The van der Waals surface area contributed by atoms with E-state index >= 15 is 4.39 Å². The van der Waals surface area contributed by atoms with Crippen LogP contribution >= 0.6 is 34.8 Å². The number of hydrogen-bond acceptors (Lipinski definition) is 5. The van der Waals surface area contributed by atoms with E-state index in [0.717, 1.165) is 18.2 Å². The zero-order chi connectivity index (χ0) is 32.2. The molecule has 0 aromatic heterocycles. The molecule has 0 heterocycles. The van der Waals surface area contributed by atoms with Crippen LogP contribution in [0, 0.1) is 5.82 Å². The Labute approximate surface area is 269 Å². The quantitative estimate of drug-likeness (QED) is 0.164. The Balaban J connectivity index is 1.44. The van der Waals surface area contributed by atoms with Crippen LogP contribution in [0.3, 0.4) is 0 Å². The molecule has 6 nitrogen and oxygen atoms in total. The van der Waals surface area contributed by atoms with Crippen molar-refractivity contribution in [3.63, 3.8) is 0 Å². The lowest BCUT2D eigenvalue weighted by Gasteiger charge is -2.34. The second-order valence-electron chi connectivity index (χ2n) is 10.1. The van der Waals surface area contributed by atoms with Gasteiger partial charge in [0, 0.05) is 30.2 Å². The first-order chi connectivity index (χ1) is 20.7. The molecular formula is C31H28Cl3F3N2O4S. The molecule has 1 N–H and O–H groups in total. The summed E-state index contributed by atoms with van der Waals surface area (Å²) in [5.41, 5.74) is 0.544. The predicted octanol–water partition coefficient (Wildman–Crippen LogP) is 7.91. The molecule has 1 aliphatic carbocycles. The van der Waals surface area contributed by atoms with E-state index in [0.29, 0.717) is 23.8 Å². The Morgan fingerprint density at radius 2 is 1.75 bits per heavy atom. The van der Waals surface area contributed by atoms with E-state index in [1.165, 1.54) is 42.3 Å². The van der Waals surface area contributed by atoms with Crippen molar-refractivity contribution >= 4 is 50.5 Å². The number of rotatable bonds is 11. The van der Waals surface area contributed by atoms with Gasteiger partial charge in [0.2, 0.25) is 9.84 Å². The lowest BCUT2D eigenvalue weighted by molar-refractivity contribution is 0.0787. The van der Waals surface area contributed by atoms with Crippen molar-refractivity contribution < 1.29 is 31.1 Å². The summed E-state index contributed by atoms with van der Waals surface area (Å²) in [6.45, 7) is 2.09. The van der Waals surface area contributed by atoms with Crippen molar-refractivity contribution in [3.8, 4) is 5.75 Å². The molecule has 234 valence electrons. The molecule has 1 aliphatic rings. The first-order valence-electron chi connectivity index (χ1n) is 13.4. The van der Waals surface area contributed by atoms with Gasteiger partial charge in [0.25, 0.3) is 10.9 Å². The van der Waals surface area contributed by atoms with E-state index in [4.69, 9.17) is 39.5 Å². The smallest absolute Gasteiger partial charge is 0.255 e. The van der Waals surface area contributed by atoms with E-state index in [-0.39, 0.29) is 38.7 Å². The number of halogens is 6. The van der Waals surface area contributed by atoms with Gasteiger partial charge in [-0.3, -0.25) is 10.1 Å². The number of alkyl halides is 1. The summed E-state index contributed by atoms with van der Waals surface area (Å²) in [5.74, 6) is -1.62. The average Bonchev–Trinajstić information content (AvgIpc) is 2.99. The fourth-order valence-corrected chi connectivity index (χ4v) is 6.81. The molecule has 3 aromatic rings. The van der Waals surface area contributed by atoms with Crippen molar-refractivity contribution in [1.29, 1.82) is 0 Å². The summed E-state index contributed by atoms with van der Waals surface area (Å²) in [7, 11) is -3.09. The highest BCUT2D eigenvalue weighted by Crippen LogP contribution is 2.38. The lowest BCUT2D eigenvalue weighted by atomic mass is 10.0. The predicted molar refractivity (Wildman–Crippen MR) is 166 cm³/mol. The van der Waals surface area contributed by atoms with Crippen molar-refractivity contribution in [3.05, 3.63) is 117 Å². The average molecular weight is 688 g/mol. The highest BCUT2D eigenvalue weighted by Gasteiger charge is 2.51. The number of nitrogens with zero attached hydrogens (tertiary/aromatic N) is 1. The lowest BCUT2D eigenvalue weighted by Crippen LogP contribution is -2.52. The number of sulfone groups is 1. The number of nitrogens with one attached hydrogen (secondary N) is 1. The maximum atomic E-state index is 16.4. The van der Waals surface area contributed by atoms with Crippen molar-refractivity contribution in [1.82, 2.24) is 10.2 Å². The minimum atomic E-state index is -4.63. The van der Waals surface area contributed by atoms with Crippen LogP contribution in [-0.4, -0.2) is 50.5 Å². The second kappa shape index (κ2) is 14.0. The van der Waals surface area contributed by atoms with Crippen LogP contribution < -0.4 is 10.1 Å². The molecule has 3 aromatic carbocycles. The first kappa shape index (κ1) is 33.9. The Hall–Kier alpha value is -3.02. The molecule has 3 unspecified atom stereocenters. The molecule has 13 heteroatoms. The van der Waals surface area contributed by atoms with E-state index < -0.39 is 44.5 Å². The standard InChI is InChI=1S/C31H28Cl3F3N2O4S/c1-19(38-29-16-21(35)12-13-31(29,37)44(41,42)22-10-8-20(32)9-11-22)23-6-3-4-7-28(23)43-15-5-14-39(2)30(40)24-17-27(36)26(34)18-25(24)33/h3-4,6-13,16-19,29,38H,5,14-15H2,1-2H3. The van der Waals surface area contributed by atoms with Crippen LogP contribution in [0.15, 0.2) is 89.6 Å². The minimum absolute atomic E-state index is 0.0210. The summed E-state index contributed by atoms with van der Waals surface area (Å²) < 4.78 is 77.4. The van der Waals surface area contributed by atoms with Gasteiger partial charge in [-0.2, -0.15) is 0 Å². The molecule has 0 saturated heterocycles. The summed E-state index contributed by atoms with van der Waals surface area (Å²) in [4.78, 5) is 13.8. The molecule has 44 heavy (non-hydrogen) atoms. The third kappa shape index (κ3) is 7.26. The van der Waals surface area contributed by atoms with Gasteiger partial charge in [-0.05, 0) is 74.0 Å². The van der Waals surface area contributed by atoms with Crippen molar-refractivity contribution in [2.75, 3.05) is 20.2 Å². The van der Waals surface area contributed by atoms with E-state index in [1.807, 2.05) is 0 Å². The van der Waals surface area contributed by atoms with Gasteiger partial charge in [-0.15, -0.1) is 0 Å². The number of para-hydroxylation sites is 1. The molecule has 3 atom stereocenters. The van der Waals surface area contributed by atoms with E-state index in [1.54, 1.807) is 31.2 Å². The Morgan fingerprint density at radius 3 is 2.45 bits per heavy atom. The Kier molecular flexibility index (Phi) is 10.7. The van der Waals surface area contributed by atoms with E-state index in [9.17, 15) is 22.0 Å². The molecule has 0 radical (unpaired) electrons.